The Hall–Kier alpha value is -1.32. The molecule has 0 bridgehead atoms. The molecule has 0 saturated carbocycles. The predicted octanol–water partition coefficient (Wildman–Crippen LogP) is 1.84. The fraction of sp³-hybridized carbons (Fsp3) is 0.636. The zero-order valence-electron chi connectivity index (χ0n) is 9.49. The van der Waals surface area contributed by atoms with Gasteiger partial charge >= 0.3 is 5.97 Å². The van der Waals surface area contributed by atoms with Gasteiger partial charge in [-0.05, 0) is 20.3 Å². The third-order valence-corrected chi connectivity index (χ3v) is 1.74. The lowest BCUT2D eigenvalue weighted by molar-refractivity contribution is -0.137. The molecule has 1 unspecified atom stereocenters. The molecule has 0 spiro atoms. The van der Waals surface area contributed by atoms with Gasteiger partial charge < -0.3 is 9.47 Å². The zero-order chi connectivity index (χ0) is 11.7. The molecule has 0 aromatic rings. The molecular formula is C11H18O4. The van der Waals surface area contributed by atoms with Gasteiger partial charge in [-0.1, -0.05) is 13.3 Å². The Balaban J connectivity index is 3.98. The van der Waals surface area contributed by atoms with Gasteiger partial charge in [0.2, 0.25) is 0 Å². The molecule has 4 nitrogen and oxygen atoms in total. The Morgan fingerprint density at radius 1 is 1.33 bits per heavy atom. The molecule has 0 radical (unpaired) electrons. The molecule has 0 N–H and O–H groups in total. The van der Waals surface area contributed by atoms with Crippen LogP contribution in [0.3, 0.4) is 0 Å². The highest BCUT2D eigenvalue weighted by atomic mass is 16.5. The van der Waals surface area contributed by atoms with Crippen molar-refractivity contribution >= 4 is 11.8 Å². The second-order valence-electron chi connectivity index (χ2n) is 3.08. The summed E-state index contributed by atoms with van der Waals surface area (Å²) in [6, 6.07) is 0. The summed E-state index contributed by atoms with van der Waals surface area (Å²) < 4.78 is 9.78. The van der Waals surface area contributed by atoms with E-state index in [2.05, 4.69) is 4.74 Å². The Kier molecular flexibility index (Phi) is 7.32. The van der Waals surface area contributed by atoms with Crippen molar-refractivity contribution in [2.75, 3.05) is 6.61 Å². The first-order chi connectivity index (χ1) is 7.11. The number of esters is 1. The van der Waals surface area contributed by atoms with Gasteiger partial charge in [-0.2, -0.15) is 0 Å². The number of hydrogen-bond donors (Lipinski definition) is 0. The van der Waals surface area contributed by atoms with Crippen LogP contribution in [0.4, 0.5) is 0 Å². The highest BCUT2D eigenvalue weighted by Gasteiger charge is 2.12. The number of hydrogen-bond acceptors (Lipinski definition) is 4. The fourth-order valence-electron chi connectivity index (χ4n) is 1.01. The molecule has 0 aliphatic heterocycles. The van der Waals surface area contributed by atoms with Gasteiger partial charge in [-0.3, -0.25) is 4.79 Å². The van der Waals surface area contributed by atoms with E-state index in [1.807, 2.05) is 6.92 Å². The first-order valence-electron chi connectivity index (χ1n) is 5.11. The second-order valence-corrected chi connectivity index (χ2v) is 3.08. The van der Waals surface area contributed by atoms with Crippen LogP contribution in [0.5, 0.6) is 0 Å². The molecule has 0 amide bonds. The molecular weight excluding hydrogens is 196 g/mol. The van der Waals surface area contributed by atoms with Crippen molar-refractivity contribution in [3.05, 3.63) is 12.3 Å². The minimum absolute atomic E-state index is 0.0367. The molecule has 1 atom stereocenters. The van der Waals surface area contributed by atoms with E-state index in [0.717, 1.165) is 6.42 Å². The van der Waals surface area contributed by atoms with E-state index < -0.39 is 12.1 Å². The van der Waals surface area contributed by atoms with Crippen molar-refractivity contribution in [2.24, 2.45) is 0 Å². The molecule has 0 rings (SSSR count). The van der Waals surface area contributed by atoms with Crippen LogP contribution < -0.4 is 0 Å². The summed E-state index contributed by atoms with van der Waals surface area (Å²) in [6.45, 7) is 5.49. The largest absolute Gasteiger partial charge is 0.490 e. The number of carbonyl (C=O) groups excluding carboxylic acids is 2. The van der Waals surface area contributed by atoms with Crippen LogP contribution in [-0.4, -0.2) is 24.5 Å². The lowest BCUT2D eigenvalue weighted by atomic mass is 10.1. The molecule has 0 aromatic heterocycles. The Bertz CT molecular complexity index is 233. The molecule has 0 aliphatic rings. The van der Waals surface area contributed by atoms with Gasteiger partial charge in [-0.25, -0.2) is 4.79 Å². The lowest BCUT2D eigenvalue weighted by Crippen LogP contribution is -2.19. The normalized spacial score (nSPS) is 12.5. The Labute approximate surface area is 90.2 Å². The van der Waals surface area contributed by atoms with Crippen molar-refractivity contribution in [1.29, 1.82) is 0 Å². The highest BCUT2D eigenvalue weighted by Crippen LogP contribution is 2.03. The second kappa shape index (κ2) is 8.03. The van der Waals surface area contributed by atoms with Gasteiger partial charge in [0.1, 0.15) is 0 Å². The molecule has 86 valence electrons. The maximum atomic E-state index is 11.1. The van der Waals surface area contributed by atoms with Crippen molar-refractivity contribution in [3.63, 3.8) is 0 Å². The highest BCUT2D eigenvalue weighted by molar-refractivity contribution is 5.82. The van der Waals surface area contributed by atoms with Gasteiger partial charge in [0.05, 0.1) is 18.9 Å². The first-order valence-corrected chi connectivity index (χ1v) is 5.11. The van der Waals surface area contributed by atoms with Crippen molar-refractivity contribution < 1.29 is 19.1 Å². The molecule has 4 heteroatoms. The smallest absolute Gasteiger partial charge is 0.333 e. The van der Waals surface area contributed by atoms with E-state index in [1.54, 1.807) is 6.92 Å². The summed E-state index contributed by atoms with van der Waals surface area (Å²) in [6.07, 6.45) is 3.45. The van der Waals surface area contributed by atoms with Crippen molar-refractivity contribution in [1.82, 2.24) is 0 Å². The zero-order valence-corrected chi connectivity index (χ0v) is 9.49. The topological polar surface area (TPSA) is 52.6 Å². The average molecular weight is 214 g/mol. The van der Waals surface area contributed by atoms with Crippen molar-refractivity contribution in [2.45, 2.75) is 39.7 Å². The van der Waals surface area contributed by atoms with E-state index >= 15 is 0 Å². The average Bonchev–Trinajstić information content (AvgIpc) is 2.16. The van der Waals surface area contributed by atoms with Crippen LogP contribution >= 0.6 is 0 Å². The molecule has 0 aliphatic carbocycles. The number of carbonyl (C=O) groups is 2. The van der Waals surface area contributed by atoms with Gasteiger partial charge in [-0.15, -0.1) is 0 Å². The molecule has 0 heterocycles. The number of rotatable bonds is 7. The third kappa shape index (κ3) is 6.71. The standard InChI is InChI=1S/C11H18O4/c1-4-6-10(9(3)12)15-8-7-11(13)14-5-2/h7-8,10H,4-6H2,1-3H3. The third-order valence-electron chi connectivity index (χ3n) is 1.74. The molecule has 0 aromatic carbocycles. The van der Waals surface area contributed by atoms with Crippen LogP contribution in [0.2, 0.25) is 0 Å². The lowest BCUT2D eigenvalue weighted by Gasteiger charge is -2.11. The summed E-state index contributed by atoms with van der Waals surface area (Å²) in [7, 11) is 0. The van der Waals surface area contributed by atoms with Crippen LogP contribution in [0.1, 0.15) is 33.6 Å². The van der Waals surface area contributed by atoms with Crippen LogP contribution in [0.25, 0.3) is 0 Å². The molecule has 0 saturated heterocycles. The fourth-order valence-corrected chi connectivity index (χ4v) is 1.01. The van der Waals surface area contributed by atoms with Crippen LogP contribution in [0, 0.1) is 0 Å². The maximum Gasteiger partial charge on any atom is 0.333 e. The number of ketones is 1. The summed E-state index contributed by atoms with van der Waals surface area (Å²) >= 11 is 0. The summed E-state index contributed by atoms with van der Waals surface area (Å²) in [5.74, 6) is -0.498. The van der Waals surface area contributed by atoms with E-state index in [0.29, 0.717) is 13.0 Å². The quantitative estimate of drug-likeness (QED) is 0.368. The summed E-state index contributed by atoms with van der Waals surface area (Å²) in [5, 5.41) is 0. The van der Waals surface area contributed by atoms with Gasteiger partial charge in [0.15, 0.2) is 11.9 Å². The van der Waals surface area contributed by atoms with Crippen molar-refractivity contribution in [3.8, 4) is 0 Å². The van der Waals surface area contributed by atoms with E-state index in [4.69, 9.17) is 4.74 Å². The predicted molar refractivity (Wildman–Crippen MR) is 56.2 cm³/mol. The summed E-state index contributed by atoms with van der Waals surface area (Å²) in [4.78, 5) is 21.9. The van der Waals surface area contributed by atoms with Gasteiger partial charge in [0, 0.05) is 0 Å². The van der Waals surface area contributed by atoms with Crippen LogP contribution in [0.15, 0.2) is 12.3 Å². The SMILES string of the molecule is CCCC(OC=CC(=O)OCC)C(C)=O. The number of ether oxygens (including phenoxy) is 2. The first kappa shape index (κ1) is 13.7. The molecule has 0 fully saturated rings. The van der Waals surface area contributed by atoms with Gasteiger partial charge in [0.25, 0.3) is 0 Å². The monoisotopic (exact) mass is 214 g/mol. The minimum atomic E-state index is -0.462. The van der Waals surface area contributed by atoms with Crippen LogP contribution in [-0.2, 0) is 19.1 Å². The van der Waals surface area contributed by atoms with E-state index in [9.17, 15) is 9.59 Å². The summed E-state index contributed by atoms with van der Waals surface area (Å²) in [5.41, 5.74) is 0. The molecule has 15 heavy (non-hydrogen) atoms. The maximum absolute atomic E-state index is 11.1. The Morgan fingerprint density at radius 2 is 2.00 bits per heavy atom. The van der Waals surface area contributed by atoms with E-state index in [-0.39, 0.29) is 5.78 Å². The van der Waals surface area contributed by atoms with E-state index in [1.165, 1.54) is 19.3 Å². The Morgan fingerprint density at radius 3 is 2.47 bits per heavy atom. The number of Topliss-reactive ketones (excluding diaryl/α,β-unsaturated/α-hetero) is 1. The minimum Gasteiger partial charge on any atom is -0.490 e.